The van der Waals surface area contributed by atoms with Crippen molar-refractivity contribution >= 4 is 22.0 Å². The Kier molecular flexibility index (Phi) is 5.34. The van der Waals surface area contributed by atoms with Crippen molar-refractivity contribution in [3.63, 3.8) is 0 Å². The molecule has 0 unspecified atom stereocenters. The van der Waals surface area contributed by atoms with Crippen molar-refractivity contribution in [1.29, 1.82) is 0 Å². The average molecular weight is 301 g/mol. The molecule has 0 radical (unpaired) electrons. The van der Waals surface area contributed by atoms with Gasteiger partial charge >= 0.3 is 16.3 Å². The molecule has 0 heterocycles. The number of benzene rings is 1. The second kappa shape index (κ2) is 6.58. The van der Waals surface area contributed by atoms with E-state index in [9.17, 15) is 13.2 Å². The second-order valence-electron chi connectivity index (χ2n) is 4.44. The minimum absolute atomic E-state index is 0.0661. The van der Waals surface area contributed by atoms with Gasteiger partial charge in [-0.1, -0.05) is 18.2 Å². The van der Waals surface area contributed by atoms with E-state index in [0.29, 0.717) is 11.3 Å². The summed E-state index contributed by atoms with van der Waals surface area (Å²) in [6.07, 6.45) is -1.03. The molecule has 0 aromatic heterocycles. The highest BCUT2D eigenvalue weighted by Gasteiger charge is 2.27. The standard InChI is InChI=1S/C12H19N3O4S/c1-9(2)15(20(17,18)14-12(16)19-3)8-10-6-4-5-7-11(10)13/h4-7,9H,8,13H2,1-3H3,(H,14,16). The number of nitrogens with two attached hydrogens (primary N) is 1. The van der Waals surface area contributed by atoms with E-state index < -0.39 is 16.3 Å². The van der Waals surface area contributed by atoms with Crippen molar-refractivity contribution in [2.75, 3.05) is 12.8 Å². The summed E-state index contributed by atoms with van der Waals surface area (Å²) >= 11 is 0. The Bertz CT molecular complexity index is 572. The van der Waals surface area contributed by atoms with Gasteiger partial charge in [-0.3, -0.25) is 0 Å². The monoisotopic (exact) mass is 301 g/mol. The van der Waals surface area contributed by atoms with E-state index in [1.165, 1.54) is 0 Å². The molecule has 0 aliphatic heterocycles. The van der Waals surface area contributed by atoms with E-state index in [1.54, 1.807) is 38.1 Å². The molecular formula is C12H19N3O4S. The van der Waals surface area contributed by atoms with Crippen LogP contribution in [0.4, 0.5) is 10.5 Å². The molecule has 0 atom stereocenters. The number of nitrogens with zero attached hydrogens (tertiary/aromatic N) is 1. The molecule has 8 heteroatoms. The number of rotatable bonds is 5. The van der Waals surface area contributed by atoms with E-state index in [1.807, 2.05) is 4.72 Å². The zero-order valence-corrected chi connectivity index (χ0v) is 12.5. The maximum atomic E-state index is 12.1. The van der Waals surface area contributed by atoms with Gasteiger partial charge in [0.25, 0.3) is 0 Å². The van der Waals surface area contributed by atoms with E-state index in [0.717, 1.165) is 11.4 Å². The van der Waals surface area contributed by atoms with Crippen molar-refractivity contribution in [1.82, 2.24) is 9.03 Å². The van der Waals surface area contributed by atoms with Crippen LogP contribution in [-0.2, 0) is 21.5 Å². The summed E-state index contributed by atoms with van der Waals surface area (Å²) in [6, 6.07) is 6.61. The smallest absolute Gasteiger partial charge is 0.421 e. The lowest BCUT2D eigenvalue weighted by Gasteiger charge is -2.26. The predicted molar refractivity (Wildman–Crippen MR) is 76.0 cm³/mol. The van der Waals surface area contributed by atoms with Crippen molar-refractivity contribution < 1.29 is 17.9 Å². The molecule has 0 aliphatic rings. The number of ether oxygens (including phenoxy) is 1. The summed E-state index contributed by atoms with van der Waals surface area (Å²) in [4.78, 5) is 11.1. The number of para-hydroxylation sites is 1. The van der Waals surface area contributed by atoms with Gasteiger partial charge in [0, 0.05) is 18.3 Å². The van der Waals surface area contributed by atoms with Gasteiger partial charge < -0.3 is 10.5 Å². The first-order valence-electron chi connectivity index (χ1n) is 5.99. The van der Waals surface area contributed by atoms with Crippen LogP contribution in [0.3, 0.4) is 0 Å². The fourth-order valence-electron chi connectivity index (χ4n) is 1.60. The third kappa shape index (κ3) is 4.10. The lowest BCUT2D eigenvalue weighted by atomic mass is 10.2. The number of carbonyl (C=O) groups excluding carboxylic acids is 1. The number of nitrogen functional groups attached to an aromatic ring is 1. The SMILES string of the molecule is COC(=O)NS(=O)(=O)N(Cc1ccccc1N)C(C)C. The molecule has 0 saturated carbocycles. The van der Waals surface area contributed by atoms with Crippen LogP contribution in [0.2, 0.25) is 0 Å². The molecule has 7 nitrogen and oxygen atoms in total. The van der Waals surface area contributed by atoms with Crippen molar-refractivity contribution in [2.45, 2.75) is 26.4 Å². The Morgan fingerprint density at radius 3 is 2.50 bits per heavy atom. The summed E-state index contributed by atoms with van der Waals surface area (Å²) < 4.78 is 31.5. The number of carbonyl (C=O) groups is 1. The van der Waals surface area contributed by atoms with Crippen LogP contribution in [0.5, 0.6) is 0 Å². The van der Waals surface area contributed by atoms with E-state index in [-0.39, 0.29) is 12.6 Å². The van der Waals surface area contributed by atoms with Gasteiger partial charge in [-0.05, 0) is 25.5 Å². The van der Waals surface area contributed by atoms with Crippen LogP contribution < -0.4 is 10.5 Å². The Labute approximate surface area is 118 Å². The van der Waals surface area contributed by atoms with Crippen LogP contribution in [0.25, 0.3) is 0 Å². The van der Waals surface area contributed by atoms with Crippen molar-refractivity contribution in [3.8, 4) is 0 Å². The summed E-state index contributed by atoms with van der Waals surface area (Å²) in [6.45, 7) is 3.47. The predicted octanol–water partition coefficient (Wildman–Crippen LogP) is 1.08. The van der Waals surface area contributed by atoms with Crippen molar-refractivity contribution in [3.05, 3.63) is 29.8 Å². The zero-order chi connectivity index (χ0) is 15.3. The molecule has 3 N–H and O–H groups in total. The molecular weight excluding hydrogens is 282 g/mol. The molecule has 0 spiro atoms. The normalized spacial score (nSPS) is 11.7. The van der Waals surface area contributed by atoms with Gasteiger partial charge in [0.05, 0.1) is 7.11 Å². The number of anilines is 1. The Balaban J connectivity index is 3.01. The summed E-state index contributed by atoms with van der Waals surface area (Å²) in [5.41, 5.74) is 6.96. The number of hydrogen-bond donors (Lipinski definition) is 2. The number of hydrogen-bond acceptors (Lipinski definition) is 5. The first-order chi connectivity index (χ1) is 9.27. The van der Waals surface area contributed by atoms with Crippen molar-refractivity contribution in [2.24, 2.45) is 0 Å². The minimum Gasteiger partial charge on any atom is -0.452 e. The topological polar surface area (TPSA) is 102 Å². The highest BCUT2D eigenvalue weighted by atomic mass is 32.2. The third-order valence-corrected chi connectivity index (χ3v) is 4.26. The molecule has 1 aromatic carbocycles. The lowest BCUT2D eigenvalue weighted by molar-refractivity contribution is 0.176. The molecule has 0 fully saturated rings. The van der Waals surface area contributed by atoms with Gasteiger partial charge in [-0.25, -0.2) is 9.52 Å². The Hall–Kier alpha value is -1.80. The Morgan fingerprint density at radius 2 is 2.00 bits per heavy atom. The molecule has 0 aliphatic carbocycles. The number of amides is 1. The summed E-state index contributed by atoms with van der Waals surface area (Å²) in [7, 11) is -2.90. The highest BCUT2D eigenvalue weighted by molar-refractivity contribution is 7.87. The molecule has 112 valence electrons. The fourth-order valence-corrected chi connectivity index (χ4v) is 2.87. The maximum Gasteiger partial charge on any atom is 0.421 e. The molecule has 0 bridgehead atoms. The first kappa shape index (κ1) is 16.3. The van der Waals surface area contributed by atoms with Gasteiger partial charge in [-0.15, -0.1) is 0 Å². The molecule has 1 amide bonds. The van der Waals surface area contributed by atoms with Crippen LogP contribution >= 0.6 is 0 Å². The number of nitrogens with one attached hydrogen (secondary N) is 1. The third-order valence-electron chi connectivity index (χ3n) is 2.66. The number of methoxy groups -OCH3 is 1. The van der Waals surface area contributed by atoms with Gasteiger partial charge in [0.15, 0.2) is 0 Å². The van der Waals surface area contributed by atoms with E-state index in [4.69, 9.17) is 5.73 Å². The molecule has 20 heavy (non-hydrogen) atoms. The van der Waals surface area contributed by atoms with Crippen LogP contribution in [0, 0.1) is 0 Å². The highest BCUT2D eigenvalue weighted by Crippen LogP contribution is 2.17. The van der Waals surface area contributed by atoms with Gasteiger partial charge in [0.2, 0.25) is 0 Å². The van der Waals surface area contributed by atoms with Gasteiger partial charge in [-0.2, -0.15) is 12.7 Å². The minimum atomic E-state index is -3.99. The largest absolute Gasteiger partial charge is 0.452 e. The molecule has 0 saturated heterocycles. The molecule has 1 rings (SSSR count). The second-order valence-corrected chi connectivity index (χ2v) is 6.06. The lowest BCUT2D eigenvalue weighted by Crippen LogP contribution is -2.46. The average Bonchev–Trinajstić information content (AvgIpc) is 2.36. The maximum absolute atomic E-state index is 12.1. The summed E-state index contributed by atoms with van der Waals surface area (Å²) in [5.74, 6) is 0. The van der Waals surface area contributed by atoms with Crippen LogP contribution in [0.1, 0.15) is 19.4 Å². The zero-order valence-electron chi connectivity index (χ0n) is 11.7. The first-order valence-corrected chi connectivity index (χ1v) is 7.43. The molecule has 1 aromatic rings. The summed E-state index contributed by atoms with van der Waals surface area (Å²) in [5, 5.41) is 0. The van der Waals surface area contributed by atoms with Crippen LogP contribution in [-0.4, -0.2) is 32.0 Å². The van der Waals surface area contributed by atoms with Gasteiger partial charge in [0.1, 0.15) is 0 Å². The fraction of sp³-hybridized carbons (Fsp3) is 0.417. The Morgan fingerprint density at radius 1 is 1.40 bits per heavy atom. The van der Waals surface area contributed by atoms with E-state index in [2.05, 4.69) is 4.74 Å². The quantitative estimate of drug-likeness (QED) is 0.792. The van der Waals surface area contributed by atoms with Crippen LogP contribution in [0.15, 0.2) is 24.3 Å². The van der Waals surface area contributed by atoms with E-state index >= 15 is 0 Å².